The Morgan fingerprint density at radius 3 is 1.08 bits per heavy atom. The van der Waals surface area contributed by atoms with Crippen molar-refractivity contribution in [1.82, 2.24) is 0 Å². The van der Waals surface area contributed by atoms with Crippen molar-refractivity contribution in [3.8, 4) is 33.4 Å². The predicted molar refractivity (Wildman–Crippen MR) is 147 cm³/mol. The lowest BCUT2D eigenvalue weighted by Crippen LogP contribution is -2.31. The lowest BCUT2D eigenvalue weighted by Gasteiger charge is -2.24. The minimum absolute atomic E-state index is 0.265. The molecule has 0 amide bonds. The van der Waals surface area contributed by atoms with Crippen molar-refractivity contribution < 1.29 is 20.1 Å². The molecule has 0 bridgehead atoms. The van der Waals surface area contributed by atoms with Gasteiger partial charge in [0.2, 0.25) is 0 Å². The quantitative estimate of drug-likeness (QED) is 0.344. The van der Waals surface area contributed by atoms with Crippen LogP contribution in [0, 0.1) is 0 Å². The normalized spacial score (nSPS) is 15.7. The second kappa shape index (κ2) is 7.67. The van der Waals surface area contributed by atoms with Gasteiger partial charge >= 0.3 is 14.2 Å². The molecule has 178 valence electrons. The Kier molecular flexibility index (Phi) is 4.96. The summed E-state index contributed by atoms with van der Waals surface area (Å²) in [4.78, 5) is 0. The fraction of sp³-hybridized carbons (Fsp3) is 0.200. The maximum atomic E-state index is 9.69. The molecule has 6 heteroatoms. The summed E-state index contributed by atoms with van der Waals surface area (Å²) in [6.07, 6.45) is 0. The molecule has 0 saturated heterocycles. The van der Waals surface area contributed by atoms with Gasteiger partial charge in [0.1, 0.15) is 0 Å². The Balaban J connectivity index is 1.44. The minimum Gasteiger partial charge on any atom is -0.423 e. The van der Waals surface area contributed by atoms with Crippen molar-refractivity contribution in [3.05, 3.63) is 95.1 Å². The number of fused-ring (bicyclic) bond motifs is 6. The first kappa shape index (κ1) is 23.3. The average molecular weight is 474 g/mol. The van der Waals surface area contributed by atoms with E-state index in [0.29, 0.717) is 10.9 Å². The molecule has 2 aliphatic carbocycles. The highest BCUT2D eigenvalue weighted by molar-refractivity contribution is 6.59. The second-order valence-electron chi connectivity index (χ2n) is 11.1. The zero-order chi connectivity index (χ0) is 25.6. The van der Waals surface area contributed by atoms with Crippen LogP contribution in [0.3, 0.4) is 0 Å². The van der Waals surface area contributed by atoms with Gasteiger partial charge in [-0.05, 0) is 78.7 Å². The summed E-state index contributed by atoms with van der Waals surface area (Å²) >= 11 is 0. The first-order chi connectivity index (χ1) is 17.0. The van der Waals surface area contributed by atoms with Crippen LogP contribution in [0.2, 0.25) is 0 Å². The highest BCUT2D eigenvalue weighted by Crippen LogP contribution is 2.51. The molecule has 0 fully saturated rings. The first-order valence-corrected chi connectivity index (χ1v) is 12.3. The molecule has 4 nitrogen and oxygen atoms in total. The van der Waals surface area contributed by atoms with Gasteiger partial charge in [-0.25, -0.2) is 0 Å². The first-order valence-electron chi connectivity index (χ1n) is 12.3. The molecule has 4 aromatic rings. The van der Waals surface area contributed by atoms with Crippen LogP contribution in [0.5, 0.6) is 0 Å². The minimum atomic E-state index is -1.49. The third-order valence-corrected chi connectivity index (χ3v) is 8.33. The van der Waals surface area contributed by atoms with E-state index in [1.807, 2.05) is 24.3 Å². The standard InChI is InChI=1S/C30H28B2O4/c1-29(2)25-13-17(5-9-21(25)23-11-7-19(31(33)34)15-27(23)29)18-6-10-22-24-12-8-20(32(35)36)16-28(24)30(3,4)26(22)14-18/h5-16,33-36H,1-4H3. The summed E-state index contributed by atoms with van der Waals surface area (Å²) in [7, 11) is -2.97. The average Bonchev–Trinajstić information content (AvgIpc) is 3.22. The maximum absolute atomic E-state index is 9.69. The van der Waals surface area contributed by atoms with E-state index in [0.717, 1.165) is 33.4 Å². The maximum Gasteiger partial charge on any atom is 0.488 e. The van der Waals surface area contributed by atoms with Crippen LogP contribution >= 0.6 is 0 Å². The fourth-order valence-corrected chi connectivity index (χ4v) is 6.19. The molecule has 0 unspecified atom stereocenters. The van der Waals surface area contributed by atoms with Crippen molar-refractivity contribution in [2.75, 3.05) is 0 Å². The van der Waals surface area contributed by atoms with E-state index in [-0.39, 0.29) is 10.8 Å². The van der Waals surface area contributed by atoms with E-state index in [9.17, 15) is 20.1 Å². The monoisotopic (exact) mass is 474 g/mol. The van der Waals surface area contributed by atoms with Crippen molar-refractivity contribution in [1.29, 1.82) is 0 Å². The number of hydrogen-bond acceptors (Lipinski definition) is 4. The largest absolute Gasteiger partial charge is 0.488 e. The van der Waals surface area contributed by atoms with Gasteiger partial charge < -0.3 is 20.1 Å². The van der Waals surface area contributed by atoms with E-state index in [2.05, 4.69) is 64.1 Å². The summed E-state index contributed by atoms with van der Waals surface area (Å²) < 4.78 is 0. The van der Waals surface area contributed by atoms with Gasteiger partial charge in [-0.15, -0.1) is 0 Å². The molecule has 0 spiro atoms. The van der Waals surface area contributed by atoms with Gasteiger partial charge in [-0.1, -0.05) is 88.4 Å². The molecule has 0 atom stereocenters. The van der Waals surface area contributed by atoms with Crippen LogP contribution in [0.1, 0.15) is 49.9 Å². The van der Waals surface area contributed by atoms with Crippen LogP contribution in [-0.4, -0.2) is 34.3 Å². The van der Waals surface area contributed by atoms with E-state index >= 15 is 0 Å². The lowest BCUT2D eigenvalue weighted by atomic mass is 9.75. The van der Waals surface area contributed by atoms with Crippen molar-refractivity contribution in [2.45, 2.75) is 38.5 Å². The van der Waals surface area contributed by atoms with Crippen molar-refractivity contribution in [3.63, 3.8) is 0 Å². The van der Waals surface area contributed by atoms with E-state index in [4.69, 9.17) is 0 Å². The van der Waals surface area contributed by atoms with Gasteiger partial charge in [0.25, 0.3) is 0 Å². The molecule has 0 aliphatic heterocycles. The Morgan fingerprint density at radius 1 is 0.444 bits per heavy atom. The summed E-state index contributed by atoms with van der Waals surface area (Å²) in [5, 5.41) is 38.8. The molecule has 0 radical (unpaired) electrons. The van der Waals surface area contributed by atoms with E-state index < -0.39 is 14.2 Å². The number of hydrogen-bond donors (Lipinski definition) is 4. The summed E-state index contributed by atoms with van der Waals surface area (Å²) in [6.45, 7) is 8.74. The van der Waals surface area contributed by atoms with Crippen molar-refractivity contribution >= 4 is 25.2 Å². The van der Waals surface area contributed by atoms with Gasteiger partial charge in [0, 0.05) is 10.8 Å². The topological polar surface area (TPSA) is 80.9 Å². The van der Waals surface area contributed by atoms with E-state index in [1.165, 1.54) is 22.3 Å². The Bertz CT molecular complexity index is 1440. The molecule has 4 N–H and O–H groups in total. The van der Waals surface area contributed by atoms with Crippen LogP contribution in [0.4, 0.5) is 0 Å². The smallest absolute Gasteiger partial charge is 0.423 e. The number of rotatable bonds is 3. The number of benzene rings is 4. The third-order valence-electron chi connectivity index (χ3n) is 8.33. The Morgan fingerprint density at radius 2 is 0.750 bits per heavy atom. The Hall–Kier alpha value is -3.15. The van der Waals surface area contributed by atoms with Crippen molar-refractivity contribution in [2.24, 2.45) is 0 Å². The molecule has 0 saturated carbocycles. The predicted octanol–water partition coefficient (Wildman–Crippen LogP) is 3.33. The van der Waals surface area contributed by atoms with Gasteiger partial charge in [0.15, 0.2) is 0 Å². The molecule has 36 heavy (non-hydrogen) atoms. The van der Waals surface area contributed by atoms with E-state index in [1.54, 1.807) is 12.1 Å². The highest BCUT2D eigenvalue weighted by Gasteiger charge is 2.38. The van der Waals surface area contributed by atoms with Gasteiger partial charge in [-0.3, -0.25) is 0 Å². The zero-order valence-electron chi connectivity index (χ0n) is 20.9. The molecule has 0 aromatic heterocycles. The van der Waals surface area contributed by atoms with Crippen LogP contribution in [0.25, 0.3) is 33.4 Å². The zero-order valence-corrected chi connectivity index (χ0v) is 20.9. The summed E-state index contributed by atoms with van der Waals surface area (Å²) in [5.74, 6) is 0. The SMILES string of the molecule is CC1(C)c2cc(B(O)O)ccc2-c2ccc(-c3ccc4c(c3)C(C)(C)c3cc(B(O)O)ccc3-4)cc21. The second-order valence-corrected chi connectivity index (χ2v) is 11.1. The Labute approximate surface area is 212 Å². The van der Waals surface area contributed by atoms with Gasteiger partial charge in [0.05, 0.1) is 0 Å². The molecule has 2 aliphatic rings. The summed E-state index contributed by atoms with van der Waals surface area (Å²) in [6, 6.07) is 24.6. The van der Waals surface area contributed by atoms with Gasteiger partial charge in [-0.2, -0.15) is 0 Å². The third kappa shape index (κ3) is 3.19. The van der Waals surface area contributed by atoms with Crippen LogP contribution < -0.4 is 10.9 Å². The molecule has 6 rings (SSSR count). The molecular formula is C30H28B2O4. The molecule has 4 aromatic carbocycles. The fourth-order valence-electron chi connectivity index (χ4n) is 6.19. The lowest BCUT2D eigenvalue weighted by molar-refractivity contribution is 0.424. The molecule has 0 heterocycles. The van der Waals surface area contributed by atoms with Crippen LogP contribution in [0.15, 0.2) is 72.8 Å². The highest BCUT2D eigenvalue weighted by atomic mass is 16.4. The van der Waals surface area contributed by atoms with Crippen LogP contribution in [-0.2, 0) is 10.8 Å². The summed E-state index contributed by atoms with van der Waals surface area (Å²) in [5.41, 5.74) is 12.1. The molecular weight excluding hydrogens is 446 g/mol.